The van der Waals surface area contributed by atoms with Gasteiger partial charge >= 0.3 is 0 Å². The highest BCUT2D eigenvalue weighted by Gasteiger charge is 2.14. The van der Waals surface area contributed by atoms with Crippen LogP contribution in [-0.4, -0.2) is 23.9 Å². The van der Waals surface area contributed by atoms with Crippen molar-refractivity contribution in [2.24, 2.45) is 5.73 Å². The van der Waals surface area contributed by atoms with Gasteiger partial charge in [-0.15, -0.1) is 0 Å². The number of nitrogens with two attached hydrogens (primary N) is 1. The Balaban J connectivity index is 2.72. The van der Waals surface area contributed by atoms with E-state index in [2.05, 4.69) is 5.32 Å². The number of halogens is 1. The predicted octanol–water partition coefficient (Wildman–Crippen LogP) is 1.67. The van der Waals surface area contributed by atoms with Crippen LogP contribution in [-0.2, 0) is 0 Å². The molecule has 7 heteroatoms. The zero-order valence-electron chi connectivity index (χ0n) is 9.69. The van der Waals surface area contributed by atoms with Crippen LogP contribution in [0.3, 0.4) is 0 Å². The molecule has 98 valence electrons. The number of non-ortho nitro benzene ring substituents is 1. The average molecular weight is 363 g/mol. The number of hydrogen-bond acceptors (Lipinski definition) is 4. The van der Waals surface area contributed by atoms with Crippen LogP contribution in [0.15, 0.2) is 18.2 Å². The Labute approximate surface area is 118 Å². The molecule has 3 N–H and O–H groups in total. The summed E-state index contributed by atoms with van der Waals surface area (Å²) >= 11 is 1.98. The van der Waals surface area contributed by atoms with Crippen molar-refractivity contribution in [2.75, 3.05) is 13.1 Å². The third kappa shape index (κ3) is 4.22. The van der Waals surface area contributed by atoms with Crippen LogP contribution < -0.4 is 11.1 Å². The molecule has 0 saturated carbocycles. The molecule has 0 atom stereocenters. The number of nitrogens with zero attached hydrogens (tertiary/aromatic N) is 1. The monoisotopic (exact) mass is 363 g/mol. The highest BCUT2D eigenvalue weighted by molar-refractivity contribution is 14.1. The molecule has 0 aromatic heterocycles. The SMILES string of the molecule is NCCCCNC(=O)c1cc([N+](=O)[O-])ccc1I. The first-order chi connectivity index (χ1) is 8.56. The van der Waals surface area contributed by atoms with Gasteiger partial charge in [0.25, 0.3) is 11.6 Å². The molecule has 0 aliphatic rings. The zero-order valence-corrected chi connectivity index (χ0v) is 11.8. The summed E-state index contributed by atoms with van der Waals surface area (Å²) in [5, 5.41) is 13.4. The second-order valence-corrected chi connectivity index (χ2v) is 4.84. The number of nitrogens with one attached hydrogen (secondary N) is 1. The zero-order chi connectivity index (χ0) is 13.5. The van der Waals surface area contributed by atoms with Gasteiger partial charge in [0.1, 0.15) is 0 Å². The maximum absolute atomic E-state index is 11.8. The molecule has 0 aliphatic heterocycles. The average Bonchev–Trinajstić information content (AvgIpc) is 2.34. The normalized spacial score (nSPS) is 10.1. The number of amides is 1. The Morgan fingerprint density at radius 2 is 2.17 bits per heavy atom. The van der Waals surface area contributed by atoms with Crippen molar-refractivity contribution >= 4 is 34.2 Å². The van der Waals surface area contributed by atoms with E-state index in [-0.39, 0.29) is 11.6 Å². The van der Waals surface area contributed by atoms with Gasteiger partial charge in [0.15, 0.2) is 0 Å². The van der Waals surface area contributed by atoms with E-state index in [4.69, 9.17) is 5.73 Å². The van der Waals surface area contributed by atoms with Crippen LogP contribution in [0.2, 0.25) is 0 Å². The Morgan fingerprint density at radius 1 is 1.44 bits per heavy atom. The van der Waals surface area contributed by atoms with E-state index in [0.29, 0.717) is 22.2 Å². The number of carbonyl (C=O) groups is 1. The molecule has 0 heterocycles. The summed E-state index contributed by atoms with van der Waals surface area (Å²) in [7, 11) is 0. The minimum Gasteiger partial charge on any atom is -0.352 e. The molecule has 0 fully saturated rings. The molecule has 0 bridgehead atoms. The minimum absolute atomic E-state index is 0.0810. The minimum atomic E-state index is -0.513. The van der Waals surface area contributed by atoms with Crippen LogP contribution in [0.4, 0.5) is 5.69 Å². The number of benzene rings is 1. The van der Waals surface area contributed by atoms with E-state index in [1.165, 1.54) is 12.1 Å². The van der Waals surface area contributed by atoms with E-state index in [1.54, 1.807) is 6.07 Å². The first-order valence-corrected chi connectivity index (χ1v) is 6.56. The second kappa shape index (κ2) is 7.27. The third-order valence-corrected chi connectivity index (χ3v) is 3.26. The Kier molecular flexibility index (Phi) is 5.99. The van der Waals surface area contributed by atoms with Crippen LogP contribution in [0.5, 0.6) is 0 Å². The largest absolute Gasteiger partial charge is 0.352 e. The van der Waals surface area contributed by atoms with Crippen LogP contribution in [0.25, 0.3) is 0 Å². The van der Waals surface area contributed by atoms with Crippen molar-refractivity contribution in [1.29, 1.82) is 0 Å². The van der Waals surface area contributed by atoms with Crippen molar-refractivity contribution in [3.8, 4) is 0 Å². The topological polar surface area (TPSA) is 98.3 Å². The molecule has 6 nitrogen and oxygen atoms in total. The van der Waals surface area contributed by atoms with Gasteiger partial charge in [-0.25, -0.2) is 0 Å². The summed E-state index contributed by atoms with van der Waals surface area (Å²) in [6.07, 6.45) is 1.64. The van der Waals surface area contributed by atoms with Crippen LogP contribution >= 0.6 is 22.6 Å². The molecule has 0 unspecified atom stereocenters. The number of unbranched alkanes of at least 4 members (excludes halogenated alkanes) is 1. The molecule has 1 amide bonds. The molecular weight excluding hydrogens is 349 g/mol. The van der Waals surface area contributed by atoms with E-state index in [1.807, 2.05) is 22.6 Å². The molecule has 1 rings (SSSR count). The van der Waals surface area contributed by atoms with Gasteiger partial charge in [-0.05, 0) is 48.0 Å². The van der Waals surface area contributed by atoms with Crippen molar-refractivity contribution in [3.05, 3.63) is 37.4 Å². The molecule has 0 spiro atoms. The Bertz CT molecular complexity index is 451. The van der Waals surface area contributed by atoms with E-state index >= 15 is 0 Å². The van der Waals surface area contributed by atoms with Crippen molar-refractivity contribution in [2.45, 2.75) is 12.8 Å². The van der Waals surface area contributed by atoms with Gasteiger partial charge in [0, 0.05) is 22.2 Å². The van der Waals surface area contributed by atoms with Gasteiger partial charge in [0.2, 0.25) is 0 Å². The standard InChI is InChI=1S/C11H14IN3O3/c12-10-4-3-8(15(17)18)7-9(10)11(16)14-6-2-1-5-13/h3-4,7H,1-2,5-6,13H2,(H,14,16). The molecule has 0 aliphatic carbocycles. The van der Waals surface area contributed by atoms with E-state index in [0.717, 1.165) is 12.8 Å². The number of nitro groups is 1. The van der Waals surface area contributed by atoms with Gasteiger partial charge < -0.3 is 11.1 Å². The van der Waals surface area contributed by atoms with Crippen molar-refractivity contribution < 1.29 is 9.72 Å². The number of rotatable bonds is 6. The quantitative estimate of drug-likeness (QED) is 0.348. The summed E-state index contributed by atoms with van der Waals surface area (Å²) in [4.78, 5) is 22.0. The summed E-state index contributed by atoms with van der Waals surface area (Å²) in [5.74, 6) is -0.292. The number of hydrogen-bond donors (Lipinski definition) is 2. The molecular formula is C11H14IN3O3. The first-order valence-electron chi connectivity index (χ1n) is 5.48. The maximum Gasteiger partial charge on any atom is 0.270 e. The Morgan fingerprint density at radius 3 is 2.78 bits per heavy atom. The number of nitro benzene ring substituents is 1. The highest BCUT2D eigenvalue weighted by atomic mass is 127. The number of carbonyl (C=O) groups excluding carboxylic acids is 1. The third-order valence-electron chi connectivity index (χ3n) is 2.32. The smallest absolute Gasteiger partial charge is 0.270 e. The fourth-order valence-electron chi connectivity index (χ4n) is 1.37. The van der Waals surface area contributed by atoms with Gasteiger partial charge in [-0.3, -0.25) is 14.9 Å². The lowest BCUT2D eigenvalue weighted by atomic mass is 10.2. The van der Waals surface area contributed by atoms with Gasteiger partial charge in [-0.1, -0.05) is 0 Å². The molecule has 18 heavy (non-hydrogen) atoms. The van der Waals surface area contributed by atoms with E-state index < -0.39 is 4.92 Å². The lowest BCUT2D eigenvalue weighted by Gasteiger charge is -2.06. The van der Waals surface area contributed by atoms with Gasteiger partial charge in [-0.2, -0.15) is 0 Å². The second-order valence-electron chi connectivity index (χ2n) is 3.67. The fourth-order valence-corrected chi connectivity index (χ4v) is 1.95. The van der Waals surface area contributed by atoms with Crippen molar-refractivity contribution in [1.82, 2.24) is 5.32 Å². The van der Waals surface area contributed by atoms with Gasteiger partial charge in [0.05, 0.1) is 10.5 Å². The lowest BCUT2D eigenvalue weighted by molar-refractivity contribution is -0.384. The van der Waals surface area contributed by atoms with Crippen LogP contribution in [0.1, 0.15) is 23.2 Å². The predicted molar refractivity (Wildman–Crippen MR) is 76.4 cm³/mol. The summed E-state index contributed by atoms with van der Waals surface area (Å²) in [6, 6.07) is 4.24. The molecule has 0 saturated heterocycles. The molecule has 1 aromatic rings. The Hall–Kier alpha value is -1.22. The summed E-state index contributed by atoms with van der Waals surface area (Å²) < 4.78 is 0.689. The van der Waals surface area contributed by atoms with Crippen LogP contribution in [0, 0.1) is 13.7 Å². The maximum atomic E-state index is 11.8. The van der Waals surface area contributed by atoms with Crippen molar-refractivity contribution in [3.63, 3.8) is 0 Å². The summed E-state index contributed by atoms with van der Waals surface area (Å²) in [6.45, 7) is 1.11. The molecule has 0 radical (unpaired) electrons. The van der Waals surface area contributed by atoms with E-state index in [9.17, 15) is 14.9 Å². The summed E-state index contributed by atoms with van der Waals surface area (Å²) in [5.41, 5.74) is 5.59. The fraction of sp³-hybridized carbons (Fsp3) is 0.364. The lowest BCUT2D eigenvalue weighted by Crippen LogP contribution is -2.25. The highest BCUT2D eigenvalue weighted by Crippen LogP contribution is 2.19. The molecule has 1 aromatic carbocycles. The first kappa shape index (κ1) is 14.8.